The van der Waals surface area contributed by atoms with Crippen molar-refractivity contribution >= 4 is 17.6 Å². The summed E-state index contributed by atoms with van der Waals surface area (Å²) in [4.78, 5) is 31.7. The lowest BCUT2D eigenvalue weighted by atomic mass is 10.1. The Morgan fingerprint density at radius 1 is 1.03 bits per heavy atom. The van der Waals surface area contributed by atoms with Gasteiger partial charge in [0.05, 0.1) is 12.8 Å². The van der Waals surface area contributed by atoms with Gasteiger partial charge < -0.3 is 19.4 Å². The molecule has 0 N–H and O–H groups in total. The summed E-state index contributed by atoms with van der Waals surface area (Å²) >= 11 is 0. The third-order valence-electron chi connectivity index (χ3n) is 6.45. The van der Waals surface area contributed by atoms with Crippen molar-refractivity contribution in [1.29, 1.82) is 0 Å². The quantitative estimate of drug-likeness (QED) is 0.439. The lowest BCUT2D eigenvalue weighted by Crippen LogP contribution is -2.44. The van der Waals surface area contributed by atoms with Crippen molar-refractivity contribution in [3.8, 4) is 17.0 Å². The van der Waals surface area contributed by atoms with Crippen LogP contribution in [0.2, 0.25) is 0 Å². The van der Waals surface area contributed by atoms with Gasteiger partial charge in [0.2, 0.25) is 5.91 Å². The number of carbonyl (C=O) groups is 2. The zero-order valence-electron chi connectivity index (χ0n) is 21.5. The highest BCUT2D eigenvalue weighted by Crippen LogP contribution is 2.23. The molecule has 1 aliphatic rings. The lowest BCUT2D eigenvalue weighted by molar-refractivity contribution is -0.131. The number of nitrogens with zero attached hydrogens (tertiary/aromatic N) is 5. The van der Waals surface area contributed by atoms with E-state index in [0.717, 1.165) is 41.4 Å². The summed E-state index contributed by atoms with van der Waals surface area (Å²) in [7, 11) is 1.64. The van der Waals surface area contributed by atoms with Crippen LogP contribution in [0.25, 0.3) is 11.3 Å². The summed E-state index contributed by atoms with van der Waals surface area (Å²) in [5.74, 6) is 1.32. The molecule has 4 rings (SSSR count). The Labute approximate surface area is 218 Å². The highest BCUT2D eigenvalue weighted by Gasteiger charge is 2.24. The van der Waals surface area contributed by atoms with E-state index in [1.54, 1.807) is 30.2 Å². The molecule has 1 fully saturated rings. The topological polar surface area (TPSA) is 78.9 Å². The maximum atomic E-state index is 13.2. The van der Waals surface area contributed by atoms with E-state index in [0.29, 0.717) is 31.7 Å². The molecule has 0 aliphatic carbocycles. The van der Waals surface area contributed by atoms with E-state index >= 15 is 0 Å². The molecule has 192 valence electrons. The normalized spacial score (nSPS) is 13.6. The summed E-state index contributed by atoms with van der Waals surface area (Å²) in [6.07, 6.45) is 2.45. The van der Waals surface area contributed by atoms with Crippen LogP contribution in [0.5, 0.6) is 5.75 Å². The molecule has 0 unspecified atom stereocenters. The van der Waals surface area contributed by atoms with Crippen molar-refractivity contribution < 1.29 is 14.3 Å². The first-order valence-electron chi connectivity index (χ1n) is 12.5. The number of rotatable bonds is 8. The highest BCUT2D eigenvalue weighted by atomic mass is 16.5. The Bertz CT molecular complexity index is 1230. The number of amides is 2. The SMILES string of the molecule is C=CCN(CC(=O)N1CCCN(c2ccc(-c3cccc(OC)c3)nn2)CC1)C(=O)c1ccc(C)cc1. The molecule has 0 saturated carbocycles. The monoisotopic (exact) mass is 499 g/mol. The number of methoxy groups -OCH3 is 1. The average Bonchev–Trinajstić information content (AvgIpc) is 3.19. The van der Waals surface area contributed by atoms with Crippen LogP contribution in [-0.2, 0) is 4.79 Å². The molecular weight excluding hydrogens is 466 g/mol. The number of benzene rings is 2. The molecule has 2 heterocycles. The number of aryl methyl sites for hydroxylation is 1. The molecule has 0 radical (unpaired) electrons. The highest BCUT2D eigenvalue weighted by molar-refractivity contribution is 5.96. The van der Waals surface area contributed by atoms with Gasteiger partial charge in [-0.3, -0.25) is 9.59 Å². The molecule has 3 aromatic rings. The molecule has 2 aromatic carbocycles. The van der Waals surface area contributed by atoms with E-state index < -0.39 is 0 Å². The van der Waals surface area contributed by atoms with E-state index in [1.165, 1.54) is 0 Å². The molecule has 2 amide bonds. The van der Waals surface area contributed by atoms with E-state index in [2.05, 4.69) is 21.7 Å². The number of anilines is 1. The molecule has 0 atom stereocenters. The summed E-state index contributed by atoms with van der Waals surface area (Å²) in [6, 6.07) is 19.0. The molecule has 1 aliphatic heterocycles. The summed E-state index contributed by atoms with van der Waals surface area (Å²) in [5.41, 5.74) is 3.36. The van der Waals surface area contributed by atoms with Crippen LogP contribution in [-0.4, -0.2) is 78.2 Å². The van der Waals surface area contributed by atoms with Crippen molar-refractivity contribution in [3.63, 3.8) is 0 Å². The van der Waals surface area contributed by atoms with Crippen LogP contribution in [0, 0.1) is 6.92 Å². The molecular formula is C29H33N5O3. The Morgan fingerprint density at radius 3 is 2.54 bits per heavy atom. The van der Waals surface area contributed by atoms with Crippen molar-refractivity contribution in [1.82, 2.24) is 20.0 Å². The first-order chi connectivity index (χ1) is 18.0. The molecule has 1 saturated heterocycles. The van der Waals surface area contributed by atoms with Gasteiger partial charge in [0.15, 0.2) is 5.82 Å². The number of carbonyl (C=O) groups excluding carboxylic acids is 2. The minimum Gasteiger partial charge on any atom is -0.497 e. The van der Waals surface area contributed by atoms with Crippen molar-refractivity contribution in [2.24, 2.45) is 0 Å². The fourth-order valence-electron chi connectivity index (χ4n) is 4.34. The number of ether oxygens (including phenoxy) is 1. The van der Waals surface area contributed by atoms with Crippen molar-refractivity contribution in [2.45, 2.75) is 13.3 Å². The van der Waals surface area contributed by atoms with E-state index in [9.17, 15) is 9.59 Å². The number of hydrogen-bond acceptors (Lipinski definition) is 6. The zero-order chi connectivity index (χ0) is 26.2. The summed E-state index contributed by atoms with van der Waals surface area (Å²) < 4.78 is 5.30. The maximum Gasteiger partial charge on any atom is 0.254 e. The van der Waals surface area contributed by atoms with Gasteiger partial charge in [-0.1, -0.05) is 35.9 Å². The van der Waals surface area contributed by atoms with Gasteiger partial charge in [0, 0.05) is 43.9 Å². The van der Waals surface area contributed by atoms with Crippen molar-refractivity contribution in [3.05, 3.63) is 84.4 Å². The Kier molecular flexibility index (Phi) is 8.51. The van der Waals surface area contributed by atoms with Crippen LogP contribution >= 0.6 is 0 Å². The van der Waals surface area contributed by atoms with Crippen molar-refractivity contribution in [2.75, 3.05) is 51.3 Å². The Morgan fingerprint density at radius 2 is 1.84 bits per heavy atom. The molecule has 8 heteroatoms. The summed E-state index contributed by atoms with van der Waals surface area (Å²) in [6.45, 7) is 8.67. The van der Waals surface area contributed by atoms with Gasteiger partial charge in [-0.15, -0.1) is 16.8 Å². The van der Waals surface area contributed by atoms with Crippen LogP contribution in [0.3, 0.4) is 0 Å². The van der Waals surface area contributed by atoms with Gasteiger partial charge in [-0.05, 0) is 49.7 Å². The maximum absolute atomic E-state index is 13.2. The Balaban J connectivity index is 1.37. The van der Waals surface area contributed by atoms with Crippen LogP contribution in [0.4, 0.5) is 5.82 Å². The predicted octanol–water partition coefficient (Wildman–Crippen LogP) is 3.83. The van der Waals surface area contributed by atoms with Gasteiger partial charge in [-0.25, -0.2) is 0 Å². The molecule has 1 aromatic heterocycles. The third-order valence-corrected chi connectivity index (χ3v) is 6.45. The van der Waals surface area contributed by atoms with Crippen LogP contribution in [0.15, 0.2) is 73.3 Å². The van der Waals surface area contributed by atoms with E-state index in [4.69, 9.17) is 4.74 Å². The second-order valence-corrected chi connectivity index (χ2v) is 9.07. The van der Waals surface area contributed by atoms with E-state index in [1.807, 2.05) is 60.4 Å². The fourth-order valence-corrected chi connectivity index (χ4v) is 4.34. The smallest absolute Gasteiger partial charge is 0.254 e. The van der Waals surface area contributed by atoms with Gasteiger partial charge >= 0.3 is 0 Å². The molecule has 0 bridgehead atoms. The standard InChI is InChI=1S/C29H33N5O3/c1-4-15-34(29(36)23-11-9-22(2)10-12-23)21-28(35)33-17-6-16-32(18-19-33)27-14-13-26(30-31-27)24-7-5-8-25(20-24)37-3/h4-5,7-14,20H,1,6,15-19,21H2,2-3H3. The lowest BCUT2D eigenvalue weighted by Gasteiger charge is -2.26. The van der Waals surface area contributed by atoms with Gasteiger partial charge in [-0.2, -0.15) is 0 Å². The van der Waals surface area contributed by atoms with Crippen LogP contribution in [0.1, 0.15) is 22.3 Å². The largest absolute Gasteiger partial charge is 0.497 e. The van der Waals surface area contributed by atoms with Gasteiger partial charge in [0.25, 0.3) is 5.91 Å². The molecule has 8 nitrogen and oxygen atoms in total. The second-order valence-electron chi connectivity index (χ2n) is 9.07. The predicted molar refractivity (Wildman–Crippen MR) is 145 cm³/mol. The average molecular weight is 500 g/mol. The minimum absolute atomic E-state index is 0.0216. The fraction of sp³-hybridized carbons (Fsp3) is 0.310. The molecule has 0 spiro atoms. The first kappa shape index (κ1) is 25.9. The summed E-state index contributed by atoms with van der Waals surface area (Å²) in [5, 5.41) is 8.87. The first-order valence-corrected chi connectivity index (χ1v) is 12.5. The zero-order valence-corrected chi connectivity index (χ0v) is 21.5. The number of aromatic nitrogens is 2. The minimum atomic E-state index is -0.170. The van der Waals surface area contributed by atoms with Crippen LogP contribution < -0.4 is 9.64 Å². The second kappa shape index (κ2) is 12.2. The van der Waals surface area contributed by atoms with Gasteiger partial charge in [0.1, 0.15) is 12.3 Å². The Hall–Kier alpha value is -4.20. The molecule has 37 heavy (non-hydrogen) atoms. The third kappa shape index (κ3) is 6.52. The van der Waals surface area contributed by atoms with E-state index in [-0.39, 0.29) is 18.4 Å². The number of hydrogen-bond donors (Lipinski definition) is 0.